The van der Waals surface area contributed by atoms with Crippen molar-refractivity contribution in [2.24, 2.45) is 7.05 Å². The van der Waals surface area contributed by atoms with Gasteiger partial charge in [0.15, 0.2) is 0 Å². The summed E-state index contributed by atoms with van der Waals surface area (Å²) in [6.45, 7) is 5.16. The van der Waals surface area contributed by atoms with E-state index in [1.807, 2.05) is 0 Å². The van der Waals surface area contributed by atoms with Crippen LogP contribution in [0.4, 0.5) is 18.9 Å². The van der Waals surface area contributed by atoms with Crippen LogP contribution in [-0.2, 0) is 32.5 Å². The Kier molecular flexibility index (Phi) is 11.4. The van der Waals surface area contributed by atoms with E-state index >= 15 is 4.39 Å². The standard InChI is InChI=1S/C40H42F3N7O7/c1-24-19-26(49-14-17-56-23-33(49)40(2,42)43)21-29(41)34(24)36(51)46-30(38(53)57-18-13-48-11-15-55-16-12-48)20-25-6-7-31(35-27(25)5-4-9-45-35)50-37(52)28-8-10-44-22-32(28)47(3)39(50)54/h4-10,19,21-22,30,33H,11-18,20,23H2,1-3H3,(H,46,51)/t30?,33-/m1/s1. The summed E-state index contributed by atoms with van der Waals surface area (Å²) in [4.78, 5) is 67.0. The first kappa shape index (κ1) is 39.6. The summed E-state index contributed by atoms with van der Waals surface area (Å²) < 4.78 is 63.6. The maximum absolute atomic E-state index is 15.9. The summed E-state index contributed by atoms with van der Waals surface area (Å²) in [7, 11) is 1.53. The topological polar surface area (TPSA) is 150 Å². The zero-order valence-corrected chi connectivity index (χ0v) is 31.7. The van der Waals surface area contributed by atoms with Gasteiger partial charge in [0.25, 0.3) is 17.4 Å². The third kappa shape index (κ3) is 8.13. The number of rotatable bonds is 11. The number of benzene rings is 2. The number of esters is 1. The van der Waals surface area contributed by atoms with Gasteiger partial charge in [0.1, 0.15) is 24.5 Å². The number of carbonyl (C=O) groups is 2. The lowest BCUT2D eigenvalue weighted by molar-refractivity contribution is -0.146. The van der Waals surface area contributed by atoms with Crippen molar-refractivity contribution < 1.29 is 37.0 Å². The first-order valence-corrected chi connectivity index (χ1v) is 18.6. The highest BCUT2D eigenvalue weighted by atomic mass is 19.3. The van der Waals surface area contributed by atoms with E-state index in [1.165, 1.54) is 54.2 Å². The molecule has 3 aromatic heterocycles. The SMILES string of the molecule is Cc1cc(N2CCOC[C@@H]2C(C)(F)F)cc(F)c1C(=O)NC(Cc1ccc(-n2c(=O)c3ccncc3n(C)c2=O)c2ncccc12)C(=O)OCCN1CCOCC1. The molecule has 2 aliphatic heterocycles. The van der Waals surface area contributed by atoms with Gasteiger partial charge in [-0.1, -0.05) is 12.1 Å². The number of anilines is 1. The molecular weight excluding hydrogens is 747 g/mol. The van der Waals surface area contributed by atoms with E-state index < -0.39 is 46.9 Å². The fraction of sp³-hybridized carbons (Fsp3) is 0.400. The predicted molar refractivity (Wildman–Crippen MR) is 205 cm³/mol. The van der Waals surface area contributed by atoms with Crippen molar-refractivity contribution in [2.45, 2.75) is 38.3 Å². The number of halogens is 3. The molecule has 1 unspecified atom stereocenters. The Bertz CT molecular complexity index is 2420. The van der Waals surface area contributed by atoms with Crippen LogP contribution in [0.5, 0.6) is 0 Å². The molecule has 0 spiro atoms. The molecule has 0 radical (unpaired) electrons. The van der Waals surface area contributed by atoms with E-state index in [4.69, 9.17) is 14.2 Å². The van der Waals surface area contributed by atoms with Gasteiger partial charge in [0.05, 0.1) is 60.3 Å². The maximum Gasteiger partial charge on any atom is 0.335 e. The first-order valence-electron chi connectivity index (χ1n) is 18.6. The number of carbonyl (C=O) groups excluding carboxylic acids is 2. The average Bonchev–Trinajstić information content (AvgIpc) is 3.20. The van der Waals surface area contributed by atoms with Crippen LogP contribution >= 0.6 is 0 Å². The molecule has 0 saturated carbocycles. The van der Waals surface area contributed by atoms with E-state index in [2.05, 4.69) is 20.2 Å². The lowest BCUT2D eigenvalue weighted by Crippen LogP contribution is -2.54. The zero-order valence-electron chi connectivity index (χ0n) is 31.7. The highest BCUT2D eigenvalue weighted by molar-refractivity contribution is 5.99. The number of hydrogen-bond acceptors (Lipinski definition) is 11. The van der Waals surface area contributed by atoms with E-state index in [9.17, 15) is 28.0 Å². The Hall–Kier alpha value is -5.65. The van der Waals surface area contributed by atoms with Crippen LogP contribution in [0.3, 0.4) is 0 Å². The summed E-state index contributed by atoms with van der Waals surface area (Å²) >= 11 is 0. The molecule has 0 bridgehead atoms. The van der Waals surface area contributed by atoms with Crippen molar-refractivity contribution in [3.05, 3.63) is 104 Å². The normalized spacial score (nSPS) is 17.2. The van der Waals surface area contributed by atoms with Crippen molar-refractivity contribution in [2.75, 3.05) is 64.1 Å². The summed E-state index contributed by atoms with van der Waals surface area (Å²) in [5, 5.41) is 3.42. The number of fused-ring (bicyclic) bond motifs is 2. The third-order valence-corrected chi connectivity index (χ3v) is 10.5. The van der Waals surface area contributed by atoms with Gasteiger partial charge in [-0.2, -0.15) is 0 Å². The molecule has 2 saturated heterocycles. The molecule has 7 rings (SSSR count). The van der Waals surface area contributed by atoms with Crippen molar-refractivity contribution in [3.63, 3.8) is 0 Å². The molecule has 17 heteroatoms. The van der Waals surface area contributed by atoms with E-state index in [1.54, 1.807) is 24.3 Å². The van der Waals surface area contributed by atoms with Gasteiger partial charge in [-0.25, -0.2) is 27.3 Å². The molecule has 57 heavy (non-hydrogen) atoms. The van der Waals surface area contributed by atoms with Crippen molar-refractivity contribution in [1.29, 1.82) is 0 Å². The van der Waals surface area contributed by atoms with Crippen LogP contribution in [0.1, 0.15) is 28.4 Å². The van der Waals surface area contributed by atoms with Crippen LogP contribution in [0.2, 0.25) is 0 Å². The van der Waals surface area contributed by atoms with E-state index in [0.29, 0.717) is 49.3 Å². The number of alkyl halides is 2. The molecule has 14 nitrogen and oxygen atoms in total. The van der Waals surface area contributed by atoms with Gasteiger partial charge in [-0.3, -0.25) is 29.0 Å². The number of pyridine rings is 2. The number of aromatic nitrogens is 4. The lowest BCUT2D eigenvalue weighted by atomic mass is 9.98. The first-order chi connectivity index (χ1) is 27.3. The number of hydrogen-bond donors (Lipinski definition) is 1. The summed E-state index contributed by atoms with van der Waals surface area (Å²) in [5.41, 5.74) is 0.150. The fourth-order valence-electron chi connectivity index (χ4n) is 7.44. The number of amides is 1. The summed E-state index contributed by atoms with van der Waals surface area (Å²) in [6.07, 6.45) is 4.26. The lowest BCUT2D eigenvalue weighted by Gasteiger charge is -2.40. The molecule has 2 atom stereocenters. The minimum Gasteiger partial charge on any atom is -0.463 e. The van der Waals surface area contributed by atoms with Crippen molar-refractivity contribution >= 4 is 39.4 Å². The Labute approximate surface area is 324 Å². The second-order valence-corrected chi connectivity index (χ2v) is 14.2. The van der Waals surface area contributed by atoms with Crippen LogP contribution in [0.25, 0.3) is 27.5 Å². The number of nitrogens with zero attached hydrogens (tertiary/aromatic N) is 6. The Balaban J connectivity index is 1.21. The van der Waals surface area contributed by atoms with Gasteiger partial charge < -0.3 is 24.4 Å². The Morgan fingerprint density at radius 1 is 1.04 bits per heavy atom. The predicted octanol–water partition coefficient (Wildman–Crippen LogP) is 3.16. The molecule has 300 valence electrons. The van der Waals surface area contributed by atoms with Crippen molar-refractivity contribution in [3.8, 4) is 5.69 Å². The van der Waals surface area contributed by atoms with E-state index in [0.717, 1.165) is 17.6 Å². The minimum atomic E-state index is -3.15. The van der Waals surface area contributed by atoms with Crippen LogP contribution < -0.4 is 21.5 Å². The third-order valence-electron chi connectivity index (χ3n) is 10.5. The molecule has 2 aliphatic rings. The van der Waals surface area contributed by atoms with Gasteiger partial charge >= 0.3 is 11.7 Å². The van der Waals surface area contributed by atoms with Crippen molar-refractivity contribution in [1.82, 2.24) is 29.3 Å². The summed E-state index contributed by atoms with van der Waals surface area (Å²) in [6, 6.07) is 7.90. The van der Waals surface area contributed by atoms with Crippen LogP contribution in [0, 0.1) is 12.7 Å². The smallest absolute Gasteiger partial charge is 0.335 e. The average molecular weight is 790 g/mol. The van der Waals surface area contributed by atoms with Gasteiger partial charge in [0, 0.05) is 70.0 Å². The highest BCUT2D eigenvalue weighted by Crippen LogP contribution is 2.32. The molecule has 1 amide bonds. The van der Waals surface area contributed by atoms with Gasteiger partial charge in [-0.15, -0.1) is 0 Å². The molecule has 0 aliphatic carbocycles. The molecular formula is C40H42F3N7O7. The highest BCUT2D eigenvalue weighted by Gasteiger charge is 2.41. The Morgan fingerprint density at radius 3 is 2.56 bits per heavy atom. The number of aryl methyl sites for hydroxylation is 2. The molecule has 2 aromatic carbocycles. The maximum atomic E-state index is 15.9. The van der Waals surface area contributed by atoms with Crippen LogP contribution in [-0.4, -0.2) is 113 Å². The number of morpholine rings is 2. The quantitative estimate of drug-likeness (QED) is 0.197. The molecule has 5 aromatic rings. The summed E-state index contributed by atoms with van der Waals surface area (Å²) in [5.74, 6) is -5.79. The second kappa shape index (κ2) is 16.4. The Morgan fingerprint density at radius 2 is 1.81 bits per heavy atom. The van der Waals surface area contributed by atoms with E-state index in [-0.39, 0.29) is 66.2 Å². The molecule has 1 N–H and O–H groups in total. The minimum absolute atomic E-state index is 0.0149. The largest absolute Gasteiger partial charge is 0.463 e. The monoisotopic (exact) mass is 789 g/mol. The number of nitrogens with one attached hydrogen (secondary N) is 1. The van der Waals surface area contributed by atoms with Crippen LogP contribution in [0.15, 0.2) is 70.6 Å². The second-order valence-electron chi connectivity index (χ2n) is 14.2. The van der Waals surface area contributed by atoms with Gasteiger partial charge in [-0.05, 0) is 48.4 Å². The van der Waals surface area contributed by atoms with Gasteiger partial charge in [0.2, 0.25) is 0 Å². The number of ether oxygens (including phenoxy) is 3. The molecule has 5 heterocycles. The fourth-order valence-corrected chi connectivity index (χ4v) is 7.44. The zero-order chi connectivity index (χ0) is 40.4. The molecule has 2 fully saturated rings.